The maximum absolute atomic E-state index is 12.8. The maximum atomic E-state index is 12.8. The van der Waals surface area contributed by atoms with E-state index in [1.54, 1.807) is 12.4 Å². The van der Waals surface area contributed by atoms with Gasteiger partial charge < -0.3 is 9.32 Å². The van der Waals surface area contributed by atoms with Crippen molar-refractivity contribution < 1.29 is 9.21 Å². The van der Waals surface area contributed by atoms with Gasteiger partial charge in [0.05, 0.1) is 12.2 Å². The molecule has 0 bridgehead atoms. The van der Waals surface area contributed by atoms with Gasteiger partial charge in [0.15, 0.2) is 12.2 Å². The zero-order valence-corrected chi connectivity index (χ0v) is 13.2. The lowest BCUT2D eigenvalue weighted by Crippen LogP contribution is -2.40. The summed E-state index contributed by atoms with van der Waals surface area (Å²) in [7, 11) is 0. The third-order valence-corrected chi connectivity index (χ3v) is 4.43. The maximum Gasteiger partial charge on any atom is 0.253 e. The number of hydrogen-bond donors (Lipinski definition) is 0. The topological polar surface area (TPSA) is 64.2 Å². The molecule has 2 aromatic heterocycles. The van der Waals surface area contributed by atoms with Crippen molar-refractivity contribution in [2.24, 2.45) is 0 Å². The van der Waals surface area contributed by atoms with Crippen molar-refractivity contribution in [1.29, 1.82) is 0 Å². The van der Waals surface area contributed by atoms with Gasteiger partial charge in [0.1, 0.15) is 0 Å². The number of likely N-dealkylation sites (tertiary alicyclic amines) is 1. The molecule has 1 atom stereocenters. The molecule has 1 amide bonds. The summed E-state index contributed by atoms with van der Waals surface area (Å²) in [6.45, 7) is 1.49. The highest BCUT2D eigenvalue weighted by molar-refractivity contribution is 5.94. The van der Waals surface area contributed by atoms with Crippen LogP contribution in [-0.2, 0) is 0 Å². The fourth-order valence-electron chi connectivity index (χ4n) is 3.17. The second-order valence-electron chi connectivity index (χ2n) is 5.98. The Morgan fingerprint density at radius 3 is 2.83 bits per heavy atom. The molecule has 6 nitrogen and oxygen atoms in total. The summed E-state index contributed by atoms with van der Waals surface area (Å²) in [5, 5.41) is 4.31. The van der Waals surface area contributed by atoms with Crippen LogP contribution in [0.15, 0.2) is 59.7 Å². The Kier molecular flexibility index (Phi) is 3.86. The van der Waals surface area contributed by atoms with Gasteiger partial charge in [-0.2, -0.15) is 5.10 Å². The molecule has 0 spiro atoms. The van der Waals surface area contributed by atoms with Gasteiger partial charge in [-0.05, 0) is 31.0 Å². The molecule has 1 saturated heterocycles. The molecule has 4 rings (SSSR count). The van der Waals surface area contributed by atoms with Crippen LogP contribution in [0.1, 0.15) is 29.2 Å². The monoisotopic (exact) mass is 322 g/mol. The number of piperidine rings is 1. The highest BCUT2D eigenvalue weighted by Gasteiger charge is 2.25. The molecule has 122 valence electrons. The van der Waals surface area contributed by atoms with Crippen molar-refractivity contribution in [2.75, 3.05) is 13.1 Å². The van der Waals surface area contributed by atoms with Crippen molar-refractivity contribution in [1.82, 2.24) is 19.7 Å². The van der Waals surface area contributed by atoms with E-state index < -0.39 is 0 Å². The van der Waals surface area contributed by atoms with E-state index in [0.717, 1.165) is 24.9 Å². The van der Waals surface area contributed by atoms with Gasteiger partial charge in [0.2, 0.25) is 0 Å². The molecule has 0 unspecified atom stereocenters. The molecule has 1 aliphatic heterocycles. The minimum absolute atomic E-state index is 0.0657. The van der Waals surface area contributed by atoms with Gasteiger partial charge in [-0.15, -0.1) is 0 Å². The molecule has 0 saturated carbocycles. The van der Waals surface area contributed by atoms with E-state index in [0.29, 0.717) is 17.9 Å². The van der Waals surface area contributed by atoms with E-state index in [4.69, 9.17) is 4.42 Å². The molecule has 0 radical (unpaired) electrons. The van der Waals surface area contributed by atoms with Crippen LogP contribution in [0.25, 0.3) is 11.3 Å². The lowest BCUT2D eigenvalue weighted by molar-refractivity contribution is 0.0673. The van der Waals surface area contributed by atoms with Crippen molar-refractivity contribution in [3.63, 3.8) is 0 Å². The summed E-state index contributed by atoms with van der Waals surface area (Å²) in [6, 6.07) is 9.65. The van der Waals surface area contributed by atoms with Crippen molar-refractivity contribution in [3.8, 4) is 11.3 Å². The van der Waals surface area contributed by atoms with Crippen LogP contribution in [0, 0.1) is 0 Å². The SMILES string of the molecule is O=C(c1ccc(-c2cnco2)cc1)N1CCC[C@@H](n2cccn2)C1. The molecule has 3 aromatic rings. The summed E-state index contributed by atoms with van der Waals surface area (Å²) >= 11 is 0. The predicted octanol–water partition coefficient (Wildman–Crippen LogP) is 3.02. The van der Waals surface area contributed by atoms with Crippen molar-refractivity contribution in [3.05, 3.63) is 60.9 Å². The van der Waals surface area contributed by atoms with Crippen LogP contribution >= 0.6 is 0 Å². The number of benzene rings is 1. The fourth-order valence-corrected chi connectivity index (χ4v) is 3.17. The van der Waals surface area contributed by atoms with E-state index in [9.17, 15) is 4.79 Å². The smallest absolute Gasteiger partial charge is 0.253 e. The first-order valence-electron chi connectivity index (χ1n) is 8.08. The second kappa shape index (κ2) is 6.31. The Hall–Kier alpha value is -2.89. The van der Waals surface area contributed by atoms with Gasteiger partial charge in [-0.1, -0.05) is 12.1 Å². The number of carbonyl (C=O) groups excluding carboxylic acids is 1. The molecule has 24 heavy (non-hydrogen) atoms. The lowest BCUT2D eigenvalue weighted by Gasteiger charge is -2.33. The number of carbonyl (C=O) groups is 1. The molecule has 1 fully saturated rings. The Morgan fingerprint density at radius 1 is 1.25 bits per heavy atom. The van der Waals surface area contributed by atoms with Crippen molar-refractivity contribution >= 4 is 5.91 Å². The molecular formula is C18H18N4O2. The Morgan fingerprint density at radius 2 is 2.12 bits per heavy atom. The summed E-state index contributed by atoms with van der Waals surface area (Å²) in [6.07, 6.45) is 8.85. The molecule has 3 heterocycles. The molecule has 0 N–H and O–H groups in total. The van der Waals surface area contributed by atoms with Gasteiger partial charge >= 0.3 is 0 Å². The van der Waals surface area contributed by atoms with Gasteiger partial charge in [-0.25, -0.2) is 4.98 Å². The largest absolute Gasteiger partial charge is 0.444 e. The summed E-state index contributed by atoms with van der Waals surface area (Å²) in [5.74, 6) is 0.765. The van der Waals surface area contributed by atoms with Crippen LogP contribution in [0.2, 0.25) is 0 Å². The number of rotatable bonds is 3. The minimum atomic E-state index is 0.0657. The first-order valence-corrected chi connectivity index (χ1v) is 8.08. The van der Waals surface area contributed by atoms with E-state index in [-0.39, 0.29) is 11.9 Å². The quantitative estimate of drug-likeness (QED) is 0.743. The van der Waals surface area contributed by atoms with Gasteiger partial charge in [0.25, 0.3) is 5.91 Å². The number of oxazole rings is 1. The normalized spacial score (nSPS) is 17.8. The molecule has 1 aliphatic rings. The van der Waals surface area contributed by atoms with E-state index in [1.165, 1.54) is 6.39 Å². The van der Waals surface area contributed by atoms with Gasteiger partial charge in [0, 0.05) is 36.6 Å². The van der Waals surface area contributed by atoms with Crippen LogP contribution in [0.4, 0.5) is 0 Å². The van der Waals surface area contributed by atoms with Crippen LogP contribution < -0.4 is 0 Å². The average molecular weight is 322 g/mol. The Labute approximate surface area is 139 Å². The second-order valence-corrected chi connectivity index (χ2v) is 5.98. The Balaban J connectivity index is 1.49. The molecule has 1 aromatic carbocycles. The fraction of sp³-hybridized carbons (Fsp3) is 0.278. The summed E-state index contributed by atoms with van der Waals surface area (Å²) in [4.78, 5) is 18.6. The number of nitrogens with zero attached hydrogens (tertiary/aromatic N) is 4. The molecule has 0 aliphatic carbocycles. The highest BCUT2D eigenvalue weighted by atomic mass is 16.3. The highest BCUT2D eigenvalue weighted by Crippen LogP contribution is 2.23. The van der Waals surface area contributed by atoms with E-state index >= 15 is 0 Å². The lowest BCUT2D eigenvalue weighted by atomic mass is 10.0. The first-order chi connectivity index (χ1) is 11.8. The third-order valence-electron chi connectivity index (χ3n) is 4.43. The van der Waals surface area contributed by atoms with E-state index in [2.05, 4.69) is 10.1 Å². The van der Waals surface area contributed by atoms with Crippen LogP contribution in [0.3, 0.4) is 0 Å². The molecule has 6 heteroatoms. The van der Waals surface area contributed by atoms with Crippen molar-refractivity contribution in [2.45, 2.75) is 18.9 Å². The molecular weight excluding hydrogens is 304 g/mol. The predicted molar refractivity (Wildman–Crippen MR) is 88.3 cm³/mol. The Bertz CT molecular complexity index is 794. The minimum Gasteiger partial charge on any atom is -0.444 e. The number of aromatic nitrogens is 3. The van der Waals surface area contributed by atoms with Gasteiger partial charge in [-0.3, -0.25) is 9.48 Å². The average Bonchev–Trinajstić information content (AvgIpc) is 3.35. The number of amides is 1. The first kappa shape index (κ1) is 14.7. The van der Waals surface area contributed by atoms with E-state index in [1.807, 2.05) is 46.1 Å². The standard InChI is InChI=1S/C18H18N4O2/c23-18(15-6-4-14(5-7-15)17-11-19-13-24-17)21-9-1-3-16(12-21)22-10-2-8-20-22/h2,4-8,10-11,13,16H,1,3,9,12H2/t16-/m1/s1. The zero-order chi connectivity index (χ0) is 16.4. The third kappa shape index (κ3) is 2.82. The number of hydrogen-bond acceptors (Lipinski definition) is 4. The van der Waals surface area contributed by atoms with Crippen LogP contribution in [0.5, 0.6) is 0 Å². The summed E-state index contributed by atoms with van der Waals surface area (Å²) < 4.78 is 7.23. The summed E-state index contributed by atoms with van der Waals surface area (Å²) in [5.41, 5.74) is 1.61. The zero-order valence-electron chi connectivity index (χ0n) is 13.2. The van der Waals surface area contributed by atoms with Crippen LogP contribution in [-0.4, -0.2) is 38.7 Å².